The molecule has 0 atom stereocenters. The Labute approximate surface area is 576 Å². The van der Waals surface area contributed by atoms with E-state index in [1.54, 1.807) is 18.2 Å². The molecule has 19 nitrogen and oxygen atoms in total. The molecule has 0 aromatic heterocycles. The van der Waals surface area contributed by atoms with Crippen LogP contribution in [0.5, 0.6) is 69.0 Å². The third kappa shape index (κ3) is 28.5. The number of carbonyl (C=O) groups is 3. The summed E-state index contributed by atoms with van der Waals surface area (Å²) in [5.74, 6) is -3.61. The summed E-state index contributed by atoms with van der Waals surface area (Å²) in [6.07, 6.45) is 1.41. The number of rotatable bonds is 7. The van der Waals surface area contributed by atoms with Crippen LogP contribution >= 0.6 is 80.2 Å². The molecule has 86 heavy (non-hydrogen) atoms. The zero-order chi connectivity index (χ0) is 61.6. The molecule has 3 radical (unpaired) electrons. The Morgan fingerprint density at radius 2 is 0.919 bits per heavy atom. The molecule has 0 bridgehead atoms. The second-order valence-corrected chi connectivity index (χ2v) is 23.7. The molecule has 0 saturated carbocycles. The van der Waals surface area contributed by atoms with Gasteiger partial charge in [-0.3, -0.25) is 14.4 Å². The smallest absolute Gasteiger partial charge is 1.00 e. The summed E-state index contributed by atoms with van der Waals surface area (Å²) in [6, 6.07) is 15.3. The molecule has 0 aliphatic carbocycles. The summed E-state index contributed by atoms with van der Waals surface area (Å²) in [5, 5.41) is 41.4. The van der Waals surface area contributed by atoms with Gasteiger partial charge in [-0.05, 0) is 83.9 Å². The van der Waals surface area contributed by atoms with Gasteiger partial charge < -0.3 is 81.2 Å². The van der Waals surface area contributed by atoms with Crippen molar-refractivity contribution in [2.75, 3.05) is 34.3 Å². The number of hydrogen-bond donors (Lipinski definition) is 4. The van der Waals surface area contributed by atoms with E-state index in [1.165, 1.54) is 37.4 Å². The Bertz CT molecular complexity index is 3160. The summed E-state index contributed by atoms with van der Waals surface area (Å²) >= 11 is 14.9. The first kappa shape index (κ1) is 85.2. The SMILES string of the molecule is BrB(Br)Br.C.COc1cc(C=O)cc(F)c1O.Fc1cc(CCl)cc2c1OCO2.O=Cc1cc(F)c2c(c1)OCO2.O=Cc1cc(O)c(O)c(F)c1.O=S(Cl)Cl.OCc1cc(F)c2c(c1)OCO2.[B].[C-]#N.[C-]#[N+]Cc1cc(F)c2c(c1)OCO2.[H-].[Na+].[Na+]. The van der Waals surface area contributed by atoms with Crippen LogP contribution < -0.4 is 102 Å². The van der Waals surface area contributed by atoms with E-state index in [9.17, 15) is 40.7 Å². The van der Waals surface area contributed by atoms with Crippen molar-refractivity contribution >= 4 is 120 Å². The van der Waals surface area contributed by atoms with Crippen molar-refractivity contribution < 1.29 is 169 Å². The molecule has 4 N–H and O–H groups in total. The van der Waals surface area contributed by atoms with Gasteiger partial charge in [0.1, 0.15) is 18.9 Å². The van der Waals surface area contributed by atoms with E-state index in [-0.39, 0.29) is 177 Å². The van der Waals surface area contributed by atoms with Gasteiger partial charge in [-0.15, -0.1) is 58.9 Å². The number of aromatic hydroxyl groups is 3. The first-order valence-corrected chi connectivity index (χ1v) is 27.5. The number of fused-ring (bicyclic) bond motifs is 4. The van der Waals surface area contributed by atoms with Crippen molar-refractivity contribution in [1.82, 2.24) is 0 Å². The molecule has 0 fully saturated rings. The zero-order valence-electron chi connectivity index (χ0n) is 44.7. The molecule has 0 saturated heterocycles. The maximum Gasteiger partial charge on any atom is 1.00 e. The standard InChI is InChI=1S/C9H6FNO2.C8H6ClFO2.C8H7FO3.C8H5FO3.C8H7FO3.C7H5FO3.CN.CH4.BBr3.B.Cl2OS.2Na.H/c1-11-4-6-2-7(10)9-8(3-6)12-5-13-9;9-3-5-1-6(10)8-7(2-5)11-4-12-8;2*9-6-1-5(3-10)2-7-8(6)12-4-11-7;1-12-7-3-5(4-10)2-6(9)8(7)11;8-5-1-4(3-9)2-6(10)7(5)11;1-2;;2-1(3)4;;1-4(2)3;;;/h2-3H,4-5H2;1-2H,3-4H2;1-2,10H,3-4H2;1-3H,4H2;2-4,11H,1H3;1-3,10-11H;;1H4;;;;;;/q;;;;;;-1;;;;;2*+1;-1. The second kappa shape index (κ2) is 45.3. The van der Waals surface area contributed by atoms with E-state index in [4.69, 9.17) is 92.5 Å². The average molecular weight is 1500 g/mol. The van der Waals surface area contributed by atoms with Crippen LogP contribution in [-0.4, -0.2) is 89.4 Å². The van der Waals surface area contributed by atoms with E-state index in [2.05, 4.69) is 78.2 Å². The van der Waals surface area contributed by atoms with Gasteiger partial charge in [-0.1, -0.05) is 7.43 Å². The maximum absolute atomic E-state index is 13.2. The molecule has 0 unspecified atom stereocenters. The van der Waals surface area contributed by atoms with E-state index in [0.717, 1.165) is 24.3 Å². The number of methoxy groups -OCH3 is 1. The molecule has 4 heterocycles. The van der Waals surface area contributed by atoms with Crippen LogP contribution in [0.3, 0.4) is 0 Å². The van der Waals surface area contributed by atoms with Gasteiger partial charge in [0.25, 0.3) is 0 Å². The van der Waals surface area contributed by atoms with Gasteiger partial charge in [-0.25, -0.2) is 37.1 Å². The van der Waals surface area contributed by atoms with Gasteiger partial charge in [0, 0.05) is 57.9 Å². The van der Waals surface area contributed by atoms with Crippen molar-refractivity contribution in [2.45, 2.75) is 26.5 Å². The van der Waals surface area contributed by atoms with Crippen LogP contribution in [0, 0.1) is 53.3 Å². The van der Waals surface area contributed by atoms with E-state index < -0.39 is 61.4 Å². The number of nitrogens with zero attached hydrogens (tertiary/aromatic N) is 2. The van der Waals surface area contributed by atoms with Crippen molar-refractivity contribution in [1.29, 1.82) is 5.26 Å². The van der Waals surface area contributed by atoms with E-state index in [0.29, 0.717) is 52.8 Å². The molecule has 0 spiro atoms. The second-order valence-electron chi connectivity index (χ2n) is 14.5. The first-order valence-electron chi connectivity index (χ1n) is 21.4. The fourth-order valence-corrected chi connectivity index (χ4v) is 6.11. The monoisotopic (exact) mass is 1500 g/mol. The van der Waals surface area contributed by atoms with Crippen LogP contribution in [0.2, 0.25) is 0 Å². The summed E-state index contributed by atoms with van der Waals surface area (Å²) in [5.41, 5.74) is 2.14. The van der Waals surface area contributed by atoms with E-state index in [1.807, 2.05) is 0 Å². The normalized spacial score (nSPS) is 10.8. The Kier molecular flexibility index (Phi) is 44.9. The molecule has 4 aliphatic heterocycles. The van der Waals surface area contributed by atoms with Crippen molar-refractivity contribution in [2.24, 2.45) is 0 Å². The minimum atomic E-state index is -1.67. The maximum atomic E-state index is 13.2. The van der Waals surface area contributed by atoms with Crippen LogP contribution in [0.1, 0.15) is 56.6 Å². The third-order valence-electron chi connectivity index (χ3n) is 9.25. The zero-order valence-corrected chi connectivity index (χ0v) is 55.5. The average Bonchev–Trinajstić information content (AvgIpc) is 4.42. The predicted octanol–water partition coefficient (Wildman–Crippen LogP) is 6.75. The topological polar surface area (TPSA) is 260 Å². The number of carbonyl (C=O) groups excluding carboxylic acids is 3. The molecular weight excluding hydrogens is 1460 g/mol. The number of aliphatic hydroxyl groups is 1. The third-order valence-corrected chi connectivity index (χ3v) is 9.56. The molecule has 0 amide bonds. The Balaban J connectivity index is -0.000000456. The van der Waals surface area contributed by atoms with E-state index >= 15 is 0 Å². The molecule has 10 rings (SSSR count). The molecule has 6 aromatic carbocycles. The Morgan fingerprint density at radius 1 is 0.605 bits per heavy atom. The summed E-state index contributed by atoms with van der Waals surface area (Å²) in [6.45, 7) is 11.5. The van der Waals surface area contributed by atoms with Gasteiger partial charge in [0.2, 0.25) is 65.9 Å². The summed E-state index contributed by atoms with van der Waals surface area (Å²) < 4.78 is 131. The predicted molar refractivity (Wildman–Crippen MR) is 307 cm³/mol. The Morgan fingerprint density at radius 3 is 1.28 bits per heavy atom. The van der Waals surface area contributed by atoms with Crippen LogP contribution in [0.4, 0.5) is 26.3 Å². The number of ether oxygens (including phenoxy) is 9. The molecule has 36 heteroatoms. The summed E-state index contributed by atoms with van der Waals surface area (Å²) in [4.78, 5) is 33.8. The minimum absolute atomic E-state index is 0. The van der Waals surface area contributed by atoms with Crippen molar-refractivity contribution in [3.05, 3.63) is 159 Å². The number of hydrogen-bond acceptors (Lipinski definition) is 18. The number of aliphatic hydroxyl groups excluding tert-OH is 1. The number of benzene rings is 6. The number of phenols is 3. The number of aldehydes is 3. The van der Waals surface area contributed by atoms with Gasteiger partial charge in [0.15, 0.2) is 80.9 Å². The van der Waals surface area contributed by atoms with Crippen molar-refractivity contribution in [3.8, 4) is 69.0 Å². The fraction of sp³-hybridized carbons (Fsp3) is 0.180. The van der Waals surface area contributed by atoms with Gasteiger partial charge in [0.05, 0.1) is 13.7 Å². The largest absolute Gasteiger partial charge is 1.00 e. The molecular formula is C50H41B2Br3Cl3F6N2Na2O17S. The minimum Gasteiger partial charge on any atom is -1.00 e. The molecule has 4 aliphatic rings. The van der Waals surface area contributed by atoms with Gasteiger partial charge in [-0.2, -0.15) is 0 Å². The molecule has 451 valence electrons. The van der Waals surface area contributed by atoms with Crippen LogP contribution in [0.15, 0.2) is 72.8 Å². The molecule has 6 aromatic rings. The number of halogens is 12. The fourth-order valence-electron chi connectivity index (χ4n) is 5.96. The number of phenolic OH excluding ortho intramolecular Hbond substituents is 3. The quantitative estimate of drug-likeness (QED) is 0.0245. The van der Waals surface area contributed by atoms with Crippen molar-refractivity contribution in [3.63, 3.8) is 0 Å². The Hall–Kier alpha value is -4.96. The van der Waals surface area contributed by atoms with Gasteiger partial charge >= 0.3 is 62.3 Å². The first-order chi connectivity index (χ1) is 39.0. The number of alkyl halides is 1. The van der Waals surface area contributed by atoms with Crippen LogP contribution in [-0.2, 0) is 28.3 Å². The van der Waals surface area contributed by atoms with Crippen LogP contribution in [0.25, 0.3) is 4.85 Å². The summed E-state index contributed by atoms with van der Waals surface area (Å²) in [7, 11) is 8.64.